The second-order valence-electron chi connectivity index (χ2n) is 7.30. The summed E-state index contributed by atoms with van der Waals surface area (Å²) in [5, 5.41) is 6.70. The minimum atomic E-state index is -0.549. The number of hydrogen-bond donors (Lipinski definition) is 2. The van der Waals surface area contributed by atoms with E-state index in [-0.39, 0.29) is 6.04 Å². The SMILES string of the molecule is CN=C(NCCCOC1CCCC1)NC1CCN(c2ccc(F)cc2F)C1. The molecule has 0 bridgehead atoms. The first kappa shape index (κ1) is 19.9. The Morgan fingerprint density at radius 2 is 2.07 bits per heavy atom. The van der Waals surface area contributed by atoms with Crippen LogP contribution in [0.25, 0.3) is 0 Å². The van der Waals surface area contributed by atoms with Crippen LogP contribution in [0.1, 0.15) is 38.5 Å². The van der Waals surface area contributed by atoms with Gasteiger partial charge in [0.25, 0.3) is 0 Å². The van der Waals surface area contributed by atoms with Crippen molar-refractivity contribution in [3.63, 3.8) is 0 Å². The molecule has 3 rings (SSSR count). The molecule has 0 aromatic heterocycles. The highest BCUT2D eigenvalue weighted by molar-refractivity contribution is 5.80. The first-order valence-corrected chi connectivity index (χ1v) is 9.94. The molecule has 0 radical (unpaired) electrons. The molecule has 2 fully saturated rings. The maximum atomic E-state index is 14.0. The van der Waals surface area contributed by atoms with Gasteiger partial charge in [0, 0.05) is 45.4 Å². The van der Waals surface area contributed by atoms with Gasteiger partial charge in [-0.3, -0.25) is 4.99 Å². The third-order valence-electron chi connectivity index (χ3n) is 5.27. The van der Waals surface area contributed by atoms with Gasteiger partial charge < -0.3 is 20.3 Å². The average molecular weight is 380 g/mol. The molecule has 2 aliphatic rings. The van der Waals surface area contributed by atoms with Gasteiger partial charge in [0.05, 0.1) is 11.8 Å². The molecule has 5 nitrogen and oxygen atoms in total. The largest absolute Gasteiger partial charge is 0.378 e. The van der Waals surface area contributed by atoms with Gasteiger partial charge in [-0.25, -0.2) is 8.78 Å². The first-order valence-electron chi connectivity index (χ1n) is 9.94. The third-order valence-corrected chi connectivity index (χ3v) is 5.27. The maximum absolute atomic E-state index is 14.0. The van der Waals surface area contributed by atoms with Gasteiger partial charge >= 0.3 is 0 Å². The quantitative estimate of drug-likeness (QED) is 0.434. The lowest BCUT2D eigenvalue weighted by molar-refractivity contribution is 0.0574. The Kier molecular flexibility index (Phi) is 7.26. The van der Waals surface area contributed by atoms with Crippen LogP contribution in [-0.2, 0) is 4.74 Å². The van der Waals surface area contributed by atoms with Gasteiger partial charge in [-0.15, -0.1) is 0 Å². The normalized spacial score (nSPS) is 21.1. The summed E-state index contributed by atoms with van der Waals surface area (Å²) < 4.78 is 32.9. The number of nitrogens with zero attached hydrogens (tertiary/aromatic N) is 2. The topological polar surface area (TPSA) is 48.9 Å². The van der Waals surface area contributed by atoms with Crippen molar-refractivity contribution in [1.82, 2.24) is 10.6 Å². The van der Waals surface area contributed by atoms with Crippen molar-refractivity contribution < 1.29 is 13.5 Å². The van der Waals surface area contributed by atoms with Crippen LogP contribution in [0.4, 0.5) is 14.5 Å². The van der Waals surface area contributed by atoms with E-state index in [1.807, 2.05) is 4.90 Å². The highest BCUT2D eigenvalue weighted by Gasteiger charge is 2.25. The van der Waals surface area contributed by atoms with Crippen molar-refractivity contribution in [3.05, 3.63) is 29.8 Å². The number of ether oxygens (including phenoxy) is 1. The van der Waals surface area contributed by atoms with Crippen molar-refractivity contribution >= 4 is 11.6 Å². The molecule has 1 aliphatic heterocycles. The highest BCUT2D eigenvalue weighted by Crippen LogP contribution is 2.24. The van der Waals surface area contributed by atoms with E-state index in [1.165, 1.54) is 37.8 Å². The van der Waals surface area contributed by atoms with Crippen LogP contribution in [-0.4, -0.2) is 51.4 Å². The molecule has 0 spiro atoms. The van der Waals surface area contributed by atoms with E-state index in [0.29, 0.717) is 18.3 Å². The zero-order valence-electron chi connectivity index (χ0n) is 16.0. The highest BCUT2D eigenvalue weighted by atomic mass is 19.1. The molecule has 1 saturated heterocycles. The van der Waals surface area contributed by atoms with Gasteiger partial charge in [0.1, 0.15) is 11.6 Å². The van der Waals surface area contributed by atoms with E-state index in [0.717, 1.165) is 44.6 Å². The Labute approximate surface area is 160 Å². The predicted octanol–water partition coefficient (Wildman–Crippen LogP) is 3.06. The molecule has 27 heavy (non-hydrogen) atoms. The Morgan fingerprint density at radius 3 is 2.81 bits per heavy atom. The molecule has 1 heterocycles. The zero-order valence-corrected chi connectivity index (χ0v) is 16.0. The Balaban J connectivity index is 1.37. The summed E-state index contributed by atoms with van der Waals surface area (Å²) in [6.07, 6.45) is 7.25. The summed E-state index contributed by atoms with van der Waals surface area (Å²) >= 11 is 0. The van der Waals surface area contributed by atoms with Crippen LogP contribution in [0, 0.1) is 11.6 Å². The van der Waals surface area contributed by atoms with Crippen LogP contribution in [0.5, 0.6) is 0 Å². The Morgan fingerprint density at radius 1 is 1.26 bits per heavy atom. The Bertz CT molecular complexity index is 634. The number of anilines is 1. The predicted molar refractivity (Wildman–Crippen MR) is 104 cm³/mol. The van der Waals surface area contributed by atoms with Gasteiger partial charge in [-0.2, -0.15) is 0 Å². The summed E-state index contributed by atoms with van der Waals surface area (Å²) in [5.41, 5.74) is 0.452. The maximum Gasteiger partial charge on any atom is 0.191 e. The molecule has 150 valence electrons. The van der Waals surface area contributed by atoms with Crippen LogP contribution in [0.15, 0.2) is 23.2 Å². The molecule has 1 unspecified atom stereocenters. The number of rotatable bonds is 7. The fourth-order valence-electron chi connectivity index (χ4n) is 3.81. The number of nitrogens with one attached hydrogen (secondary N) is 2. The summed E-state index contributed by atoms with van der Waals surface area (Å²) in [7, 11) is 1.75. The Hall–Kier alpha value is -1.89. The standard InChI is InChI=1S/C20H30F2N4O/c1-23-20(24-10-4-12-27-17-5-2-3-6-17)25-16-9-11-26(14-16)19-8-7-15(21)13-18(19)22/h7-8,13,16-17H,2-6,9-12,14H2,1H3,(H2,23,24,25). The van der Waals surface area contributed by atoms with Gasteiger partial charge in [-0.1, -0.05) is 12.8 Å². The molecule has 0 amide bonds. The fraction of sp³-hybridized carbons (Fsp3) is 0.650. The molecule has 1 aromatic rings. The van der Waals surface area contributed by atoms with E-state index in [2.05, 4.69) is 15.6 Å². The zero-order chi connectivity index (χ0) is 19.1. The smallest absolute Gasteiger partial charge is 0.191 e. The lowest BCUT2D eigenvalue weighted by Gasteiger charge is -2.21. The van der Waals surface area contributed by atoms with E-state index < -0.39 is 11.6 Å². The summed E-state index contributed by atoms with van der Waals surface area (Å²) in [6.45, 7) is 2.96. The molecule has 1 atom stereocenters. The molecule has 7 heteroatoms. The van der Waals surface area contributed by atoms with Crippen molar-refractivity contribution in [2.45, 2.75) is 50.7 Å². The minimum Gasteiger partial charge on any atom is -0.378 e. The molecule has 1 saturated carbocycles. The van der Waals surface area contributed by atoms with Gasteiger partial charge in [0.2, 0.25) is 0 Å². The fourth-order valence-corrected chi connectivity index (χ4v) is 3.81. The summed E-state index contributed by atoms with van der Waals surface area (Å²) in [4.78, 5) is 6.20. The van der Waals surface area contributed by atoms with Crippen LogP contribution in [0.2, 0.25) is 0 Å². The minimum absolute atomic E-state index is 0.176. The summed E-state index contributed by atoms with van der Waals surface area (Å²) in [5.74, 6) is -0.311. The number of aliphatic imine (C=N–C) groups is 1. The second-order valence-corrected chi connectivity index (χ2v) is 7.30. The molecular formula is C20H30F2N4O. The van der Waals surface area contributed by atoms with E-state index in [9.17, 15) is 8.78 Å². The van der Waals surface area contributed by atoms with Crippen molar-refractivity contribution in [3.8, 4) is 0 Å². The molecular weight excluding hydrogens is 350 g/mol. The second kappa shape index (κ2) is 9.88. The van der Waals surface area contributed by atoms with Gasteiger partial charge in [0.15, 0.2) is 5.96 Å². The van der Waals surface area contributed by atoms with Crippen molar-refractivity contribution in [2.75, 3.05) is 38.2 Å². The lowest BCUT2D eigenvalue weighted by atomic mass is 10.2. The number of benzene rings is 1. The molecule has 2 N–H and O–H groups in total. The van der Waals surface area contributed by atoms with Gasteiger partial charge in [-0.05, 0) is 37.8 Å². The van der Waals surface area contributed by atoms with Crippen LogP contribution in [0.3, 0.4) is 0 Å². The first-order chi connectivity index (χ1) is 13.2. The molecule has 1 aliphatic carbocycles. The van der Waals surface area contributed by atoms with Crippen molar-refractivity contribution in [2.24, 2.45) is 4.99 Å². The van der Waals surface area contributed by atoms with E-state index in [4.69, 9.17) is 4.74 Å². The van der Waals surface area contributed by atoms with Crippen LogP contribution >= 0.6 is 0 Å². The van der Waals surface area contributed by atoms with Crippen molar-refractivity contribution in [1.29, 1.82) is 0 Å². The van der Waals surface area contributed by atoms with E-state index >= 15 is 0 Å². The third kappa shape index (κ3) is 5.79. The number of hydrogen-bond acceptors (Lipinski definition) is 3. The lowest BCUT2D eigenvalue weighted by Crippen LogP contribution is -2.45. The average Bonchev–Trinajstić information content (AvgIpc) is 3.32. The summed E-state index contributed by atoms with van der Waals surface area (Å²) in [6, 6.07) is 3.91. The van der Waals surface area contributed by atoms with Crippen LogP contribution < -0.4 is 15.5 Å². The van der Waals surface area contributed by atoms with E-state index in [1.54, 1.807) is 7.05 Å². The molecule has 1 aromatic carbocycles. The number of halogens is 2. The number of guanidine groups is 1. The monoisotopic (exact) mass is 380 g/mol.